The van der Waals surface area contributed by atoms with Crippen LogP contribution < -0.4 is 0 Å². The van der Waals surface area contributed by atoms with Crippen molar-refractivity contribution in [3.05, 3.63) is 126 Å². The maximum atomic E-state index is 10.5. The van der Waals surface area contributed by atoms with Gasteiger partial charge in [0.15, 0.2) is 17.5 Å². The highest BCUT2D eigenvalue weighted by Crippen LogP contribution is 2.56. The SMILES string of the molecule is C[C@@H]1CC2C[C@H](C)CC(c3ccc(-c4nc(-c5ccccc5)nc(-c5cccc(-c6ccccc6)c5)n4)c4cccc(C#N)c34)(C2)C1. The van der Waals surface area contributed by atoms with E-state index in [-0.39, 0.29) is 5.41 Å². The average Bonchev–Trinajstić information content (AvgIpc) is 3.11. The second kappa shape index (κ2) is 11.9. The Labute approximate surface area is 277 Å². The third-order valence-corrected chi connectivity index (χ3v) is 10.5. The first kappa shape index (κ1) is 29.3. The molecule has 2 fully saturated rings. The van der Waals surface area contributed by atoms with Crippen molar-refractivity contribution in [1.29, 1.82) is 5.26 Å². The van der Waals surface area contributed by atoms with Crippen LogP contribution in [0.2, 0.25) is 0 Å². The highest BCUT2D eigenvalue weighted by molar-refractivity contribution is 6.01. The molecule has 230 valence electrons. The van der Waals surface area contributed by atoms with Gasteiger partial charge in [-0.2, -0.15) is 5.26 Å². The van der Waals surface area contributed by atoms with Gasteiger partial charge >= 0.3 is 0 Å². The van der Waals surface area contributed by atoms with E-state index in [1.54, 1.807) is 0 Å². The second-order valence-electron chi connectivity index (χ2n) is 14.1. The molecule has 5 aromatic carbocycles. The van der Waals surface area contributed by atoms with E-state index in [9.17, 15) is 5.26 Å². The lowest BCUT2D eigenvalue weighted by Crippen LogP contribution is -2.42. The van der Waals surface area contributed by atoms with Gasteiger partial charge in [0.1, 0.15) is 0 Å². The van der Waals surface area contributed by atoms with E-state index in [4.69, 9.17) is 15.0 Å². The van der Waals surface area contributed by atoms with Crippen molar-refractivity contribution in [1.82, 2.24) is 15.0 Å². The van der Waals surface area contributed by atoms with Gasteiger partial charge in [-0.05, 0) is 89.5 Å². The van der Waals surface area contributed by atoms with Crippen molar-refractivity contribution in [2.24, 2.45) is 17.8 Å². The molecular formula is C43H38N4. The zero-order valence-corrected chi connectivity index (χ0v) is 27.0. The average molecular weight is 611 g/mol. The second-order valence-corrected chi connectivity index (χ2v) is 14.1. The van der Waals surface area contributed by atoms with Gasteiger partial charge in [-0.3, -0.25) is 0 Å². The molecule has 0 aliphatic heterocycles. The van der Waals surface area contributed by atoms with Crippen LogP contribution in [0.5, 0.6) is 0 Å². The largest absolute Gasteiger partial charge is 0.208 e. The van der Waals surface area contributed by atoms with Crippen LogP contribution >= 0.6 is 0 Å². The fraction of sp³-hybridized carbons (Fsp3) is 0.256. The Morgan fingerprint density at radius 3 is 1.89 bits per heavy atom. The topological polar surface area (TPSA) is 62.5 Å². The molecule has 6 aromatic rings. The molecular weight excluding hydrogens is 573 g/mol. The molecule has 47 heavy (non-hydrogen) atoms. The molecule has 1 aromatic heterocycles. The number of nitrogens with zero attached hydrogens (tertiary/aromatic N) is 4. The van der Waals surface area contributed by atoms with Crippen LogP contribution in [0.15, 0.2) is 115 Å². The number of rotatable bonds is 5. The van der Waals surface area contributed by atoms with Crippen molar-refractivity contribution >= 4 is 10.8 Å². The fourth-order valence-electron chi connectivity index (χ4n) is 8.98. The van der Waals surface area contributed by atoms with Gasteiger partial charge in [-0.15, -0.1) is 0 Å². The van der Waals surface area contributed by atoms with Crippen molar-refractivity contribution in [3.8, 4) is 51.4 Å². The minimum Gasteiger partial charge on any atom is -0.208 e. The van der Waals surface area contributed by atoms with Gasteiger partial charge in [0.05, 0.1) is 11.6 Å². The van der Waals surface area contributed by atoms with E-state index < -0.39 is 0 Å². The highest BCUT2D eigenvalue weighted by Gasteiger charge is 2.46. The summed E-state index contributed by atoms with van der Waals surface area (Å²) in [5.74, 6) is 3.98. The number of fused-ring (bicyclic) bond motifs is 3. The first-order valence-electron chi connectivity index (χ1n) is 16.9. The highest BCUT2D eigenvalue weighted by atomic mass is 15.0. The third-order valence-electron chi connectivity index (χ3n) is 10.5. The molecule has 4 nitrogen and oxygen atoms in total. The van der Waals surface area contributed by atoms with Crippen molar-refractivity contribution in [2.75, 3.05) is 0 Å². The first-order valence-corrected chi connectivity index (χ1v) is 16.9. The van der Waals surface area contributed by atoms with E-state index in [1.165, 1.54) is 37.7 Å². The van der Waals surface area contributed by atoms with Crippen LogP contribution in [-0.2, 0) is 5.41 Å². The molecule has 2 aliphatic rings. The lowest BCUT2D eigenvalue weighted by molar-refractivity contribution is 0.0790. The normalized spacial score (nSPS) is 22.1. The zero-order valence-electron chi connectivity index (χ0n) is 27.0. The van der Waals surface area contributed by atoms with Crippen LogP contribution in [-0.4, -0.2) is 15.0 Å². The van der Waals surface area contributed by atoms with Gasteiger partial charge in [0.25, 0.3) is 0 Å². The fourth-order valence-corrected chi connectivity index (χ4v) is 8.98. The molecule has 0 amide bonds. The Hall–Kier alpha value is -5.14. The van der Waals surface area contributed by atoms with Crippen LogP contribution in [0.4, 0.5) is 0 Å². The van der Waals surface area contributed by atoms with Crippen molar-refractivity contribution < 1.29 is 0 Å². The number of hydrogen-bond acceptors (Lipinski definition) is 4. The smallest absolute Gasteiger partial charge is 0.164 e. The molecule has 2 saturated carbocycles. The summed E-state index contributed by atoms with van der Waals surface area (Å²) in [6, 6.07) is 42.2. The number of aromatic nitrogens is 3. The standard InChI is InChI=1S/C43H38N4/c1-28-21-30-22-29(2)25-43(24-28,26-30)38-20-19-37(36-18-10-17-35(27-44)39(36)38)42-46-40(32-13-7-4-8-14-32)45-41(47-42)34-16-9-15-33(23-34)31-11-5-3-6-12-31/h3-20,23,28-30H,21-22,24-26H2,1-2H3/t28-,29+,30?,43?. The summed E-state index contributed by atoms with van der Waals surface area (Å²) >= 11 is 0. The van der Waals surface area contributed by atoms with Crippen LogP contribution in [0.25, 0.3) is 56.1 Å². The monoisotopic (exact) mass is 610 g/mol. The summed E-state index contributed by atoms with van der Waals surface area (Å²) in [6.07, 6.45) is 6.19. The van der Waals surface area contributed by atoms with Gasteiger partial charge in [-0.25, -0.2) is 15.0 Å². The van der Waals surface area contributed by atoms with Gasteiger partial charge in [0.2, 0.25) is 0 Å². The minimum absolute atomic E-state index is 0.0844. The zero-order chi connectivity index (χ0) is 32.0. The molecule has 4 atom stereocenters. The number of nitriles is 1. The molecule has 0 saturated heterocycles. The summed E-state index contributed by atoms with van der Waals surface area (Å²) in [5.41, 5.74) is 7.21. The Kier molecular flexibility index (Phi) is 7.41. The summed E-state index contributed by atoms with van der Waals surface area (Å²) in [4.78, 5) is 15.3. The van der Waals surface area contributed by atoms with Crippen molar-refractivity contribution in [2.45, 2.75) is 51.4 Å². The molecule has 1 heterocycles. The summed E-state index contributed by atoms with van der Waals surface area (Å²) < 4.78 is 0. The Morgan fingerprint density at radius 1 is 0.596 bits per heavy atom. The van der Waals surface area contributed by atoms with Crippen LogP contribution in [0.1, 0.15) is 57.1 Å². The van der Waals surface area contributed by atoms with E-state index in [0.29, 0.717) is 29.3 Å². The van der Waals surface area contributed by atoms with Crippen molar-refractivity contribution in [3.63, 3.8) is 0 Å². The Morgan fingerprint density at radius 2 is 1.19 bits per heavy atom. The molecule has 0 spiro atoms. The van der Waals surface area contributed by atoms with E-state index >= 15 is 0 Å². The summed E-state index contributed by atoms with van der Waals surface area (Å²) in [6.45, 7) is 4.84. The number of hydrogen-bond donors (Lipinski definition) is 0. The van der Waals surface area contributed by atoms with Gasteiger partial charge < -0.3 is 0 Å². The summed E-state index contributed by atoms with van der Waals surface area (Å²) in [7, 11) is 0. The molecule has 2 unspecified atom stereocenters. The molecule has 0 N–H and O–H groups in total. The van der Waals surface area contributed by atoms with Crippen LogP contribution in [0, 0.1) is 29.1 Å². The molecule has 8 rings (SSSR count). The maximum absolute atomic E-state index is 10.5. The maximum Gasteiger partial charge on any atom is 0.164 e. The lowest BCUT2D eigenvalue weighted by Gasteiger charge is -2.51. The number of benzene rings is 5. The van der Waals surface area contributed by atoms with E-state index in [0.717, 1.165) is 50.1 Å². The van der Waals surface area contributed by atoms with Crippen LogP contribution in [0.3, 0.4) is 0 Å². The quantitative estimate of drug-likeness (QED) is 0.195. The van der Waals surface area contributed by atoms with E-state index in [1.807, 2.05) is 48.5 Å². The van der Waals surface area contributed by atoms with Gasteiger partial charge in [-0.1, -0.05) is 117 Å². The first-order chi connectivity index (χ1) is 23.0. The molecule has 0 radical (unpaired) electrons. The lowest BCUT2D eigenvalue weighted by atomic mass is 9.54. The molecule has 2 bridgehead atoms. The predicted molar refractivity (Wildman–Crippen MR) is 190 cm³/mol. The summed E-state index contributed by atoms with van der Waals surface area (Å²) in [5, 5.41) is 12.6. The predicted octanol–water partition coefficient (Wildman–Crippen LogP) is 10.7. The minimum atomic E-state index is 0.0844. The Bertz CT molecular complexity index is 2110. The molecule has 2 aliphatic carbocycles. The van der Waals surface area contributed by atoms with Gasteiger partial charge in [0, 0.05) is 22.1 Å². The van der Waals surface area contributed by atoms with E-state index in [2.05, 4.69) is 86.6 Å². The third kappa shape index (κ3) is 5.40. The Balaban J connectivity index is 1.34. The molecule has 4 heteroatoms.